The Morgan fingerprint density at radius 2 is 1.50 bits per heavy atom. The number of thiazole rings is 1. The SMILES string of the molecule is Nc1nc2nc(SCc3ccccc3)nc(N3CCN(c4ccccc4)CC3)c2s1. The van der Waals surface area contributed by atoms with Crippen molar-refractivity contribution in [1.82, 2.24) is 15.0 Å². The molecule has 2 N–H and O–H groups in total. The summed E-state index contributed by atoms with van der Waals surface area (Å²) in [5, 5.41) is 1.28. The standard InChI is InChI=1S/C22H22N6S2/c23-21-24-19-18(30-21)20(26-22(25-19)29-15-16-7-3-1-4-8-16)28-13-11-27(12-14-28)17-9-5-2-6-10-17/h1-10H,11-15H2,(H2,23,24,25,26). The minimum absolute atomic E-state index is 0.536. The van der Waals surface area contributed by atoms with Gasteiger partial charge in [0.1, 0.15) is 4.70 Å². The van der Waals surface area contributed by atoms with Crippen molar-refractivity contribution in [2.24, 2.45) is 0 Å². The van der Waals surface area contributed by atoms with Crippen molar-refractivity contribution in [2.75, 3.05) is 41.7 Å². The molecule has 0 bridgehead atoms. The molecule has 0 aliphatic carbocycles. The largest absolute Gasteiger partial charge is 0.375 e. The lowest BCUT2D eigenvalue weighted by Gasteiger charge is -2.36. The first-order valence-corrected chi connectivity index (χ1v) is 11.7. The normalized spacial score (nSPS) is 14.4. The van der Waals surface area contributed by atoms with Crippen LogP contribution < -0.4 is 15.5 Å². The Labute approximate surface area is 183 Å². The number of hydrogen-bond donors (Lipinski definition) is 1. The first-order chi connectivity index (χ1) is 14.8. The van der Waals surface area contributed by atoms with Crippen LogP contribution in [0.2, 0.25) is 0 Å². The van der Waals surface area contributed by atoms with Gasteiger partial charge in [-0.2, -0.15) is 0 Å². The first-order valence-electron chi connectivity index (χ1n) is 9.92. The van der Waals surface area contributed by atoms with E-state index in [2.05, 4.69) is 74.4 Å². The highest BCUT2D eigenvalue weighted by Gasteiger charge is 2.23. The van der Waals surface area contributed by atoms with Crippen molar-refractivity contribution in [1.29, 1.82) is 0 Å². The lowest BCUT2D eigenvalue weighted by Crippen LogP contribution is -2.46. The van der Waals surface area contributed by atoms with E-state index in [-0.39, 0.29) is 0 Å². The van der Waals surface area contributed by atoms with Crippen LogP contribution in [0.15, 0.2) is 65.8 Å². The maximum atomic E-state index is 6.01. The Morgan fingerprint density at radius 3 is 2.23 bits per heavy atom. The molecule has 2 aromatic heterocycles. The van der Waals surface area contributed by atoms with E-state index < -0.39 is 0 Å². The lowest BCUT2D eigenvalue weighted by atomic mass is 10.2. The second kappa shape index (κ2) is 8.49. The number of aromatic nitrogens is 3. The van der Waals surface area contributed by atoms with Gasteiger partial charge in [-0.3, -0.25) is 0 Å². The zero-order valence-corrected chi connectivity index (χ0v) is 18.1. The van der Waals surface area contributed by atoms with Crippen LogP contribution in [0, 0.1) is 0 Å². The molecule has 6 nitrogen and oxygen atoms in total. The number of hydrogen-bond acceptors (Lipinski definition) is 8. The number of nitrogen functional groups attached to an aromatic ring is 1. The molecule has 0 unspecified atom stereocenters. The van der Waals surface area contributed by atoms with Gasteiger partial charge in [-0.1, -0.05) is 71.6 Å². The summed E-state index contributed by atoms with van der Waals surface area (Å²) in [6.45, 7) is 3.72. The predicted molar refractivity (Wildman–Crippen MR) is 126 cm³/mol. The number of fused-ring (bicyclic) bond motifs is 1. The highest BCUT2D eigenvalue weighted by molar-refractivity contribution is 7.98. The molecule has 1 aliphatic rings. The molecule has 3 heterocycles. The van der Waals surface area contributed by atoms with Crippen molar-refractivity contribution in [3.8, 4) is 0 Å². The Kier molecular flexibility index (Phi) is 5.42. The quantitative estimate of drug-likeness (QED) is 0.371. The molecule has 2 aromatic carbocycles. The van der Waals surface area contributed by atoms with E-state index in [4.69, 9.17) is 10.7 Å². The number of anilines is 3. The molecule has 30 heavy (non-hydrogen) atoms. The van der Waals surface area contributed by atoms with Crippen molar-refractivity contribution in [2.45, 2.75) is 10.9 Å². The van der Waals surface area contributed by atoms with Gasteiger partial charge >= 0.3 is 0 Å². The molecule has 1 saturated heterocycles. The molecule has 8 heteroatoms. The summed E-state index contributed by atoms with van der Waals surface area (Å²) < 4.78 is 0.977. The number of nitrogens with two attached hydrogens (primary N) is 1. The van der Waals surface area contributed by atoms with Gasteiger partial charge in [0.2, 0.25) is 0 Å². The fourth-order valence-corrected chi connectivity index (χ4v) is 5.20. The topological polar surface area (TPSA) is 71.2 Å². The predicted octanol–water partition coefficient (Wildman–Crippen LogP) is 4.29. The summed E-state index contributed by atoms with van der Waals surface area (Å²) in [6.07, 6.45) is 0. The molecule has 0 spiro atoms. The van der Waals surface area contributed by atoms with E-state index in [1.807, 2.05) is 6.07 Å². The van der Waals surface area contributed by atoms with Crippen LogP contribution >= 0.6 is 23.1 Å². The van der Waals surface area contributed by atoms with Crippen molar-refractivity contribution in [3.05, 3.63) is 66.2 Å². The Morgan fingerprint density at radius 1 is 0.833 bits per heavy atom. The third-order valence-electron chi connectivity index (χ3n) is 5.14. The van der Waals surface area contributed by atoms with Gasteiger partial charge in [-0.15, -0.1) is 0 Å². The highest BCUT2D eigenvalue weighted by Crippen LogP contribution is 2.34. The van der Waals surface area contributed by atoms with Gasteiger partial charge in [0, 0.05) is 37.6 Å². The molecule has 0 amide bonds. The fourth-order valence-electron chi connectivity index (χ4n) is 3.62. The molecule has 4 aromatic rings. The third kappa shape index (κ3) is 4.06. The summed E-state index contributed by atoms with van der Waals surface area (Å²) in [7, 11) is 0. The van der Waals surface area contributed by atoms with Crippen LogP contribution in [0.5, 0.6) is 0 Å². The molecule has 0 atom stereocenters. The van der Waals surface area contributed by atoms with Crippen molar-refractivity contribution < 1.29 is 0 Å². The lowest BCUT2D eigenvalue weighted by molar-refractivity contribution is 0.646. The average Bonchev–Trinajstić information content (AvgIpc) is 3.18. The van der Waals surface area contributed by atoms with Crippen molar-refractivity contribution >= 4 is 50.1 Å². The molecule has 152 valence electrons. The summed E-state index contributed by atoms with van der Waals surface area (Å²) in [5.41, 5.74) is 9.23. The summed E-state index contributed by atoms with van der Waals surface area (Å²) in [5.74, 6) is 1.78. The zero-order valence-electron chi connectivity index (χ0n) is 16.4. The number of nitrogens with zero attached hydrogens (tertiary/aromatic N) is 5. The van der Waals surface area contributed by atoms with Gasteiger partial charge in [-0.05, 0) is 17.7 Å². The summed E-state index contributed by atoms with van der Waals surface area (Å²) in [4.78, 5) is 18.8. The van der Waals surface area contributed by atoms with E-state index in [1.54, 1.807) is 11.8 Å². The van der Waals surface area contributed by atoms with Gasteiger partial charge < -0.3 is 15.5 Å². The van der Waals surface area contributed by atoms with E-state index in [0.717, 1.165) is 47.6 Å². The van der Waals surface area contributed by atoms with E-state index >= 15 is 0 Å². The Bertz CT molecular complexity index is 1120. The molecule has 0 saturated carbocycles. The highest BCUT2D eigenvalue weighted by atomic mass is 32.2. The number of benzene rings is 2. The number of piperazine rings is 1. The molecule has 1 aliphatic heterocycles. The van der Waals surface area contributed by atoms with Gasteiger partial charge in [0.15, 0.2) is 21.8 Å². The second-order valence-corrected chi connectivity index (χ2v) is 9.09. The molecular weight excluding hydrogens is 412 g/mol. The molecule has 0 radical (unpaired) electrons. The van der Waals surface area contributed by atoms with Crippen LogP contribution in [-0.4, -0.2) is 41.1 Å². The third-order valence-corrected chi connectivity index (χ3v) is 6.93. The zero-order chi connectivity index (χ0) is 20.3. The average molecular weight is 435 g/mol. The van der Waals surface area contributed by atoms with Gasteiger partial charge in [-0.25, -0.2) is 15.0 Å². The molecule has 5 rings (SSSR count). The van der Waals surface area contributed by atoms with Gasteiger partial charge in [0.05, 0.1) is 0 Å². The Balaban J connectivity index is 1.38. The number of thioether (sulfide) groups is 1. The summed E-state index contributed by atoms with van der Waals surface area (Å²) >= 11 is 3.11. The van der Waals surface area contributed by atoms with Crippen molar-refractivity contribution in [3.63, 3.8) is 0 Å². The first kappa shape index (κ1) is 19.1. The van der Waals surface area contributed by atoms with E-state index in [1.165, 1.54) is 22.6 Å². The fraction of sp³-hybridized carbons (Fsp3) is 0.227. The summed E-state index contributed by atoms with van der Waals surface area (Å²) in [6, 6.07) is 20.9. The molecular formula is C22H22N6S2. The van der Waals surface area contributed by atoms with Crippen LogP contribution in [-0.2, 0) is 5.75 Å². The van der Waals surface area contributed by atoms with Gasteiger partial charge in [0.25, 0.3) is 0 Å². The van der Waals surface area contributed by atoms with E-state index in [9.17, 15) is 0 Å². The maximum absolute atomic E-state index is 6.01. The number of rotatable bonds is 5. The minimum Gasteiger partial charge on any atom is -0.375 e. The maximum Gasteiger partial charge on any atom is 0.191 e. The van der Waals surface area contributed by atoms with Crippen LogP contribution in [0.3, 0.4) is 0 Å². The smallest absolute Gasteiger partial charge is 0.191 e. The Hall–Kier alpha value is -2.84. The molecule has 1 fully saturated rings. The van der Waals surface area contributed by atoms with Crippen LogP contribution in [0.4, 0.5) is 16.6 Å². The second-order valence-electron chi connectivity index (χ2n) is 7.12. The van der Waals surface area contributed by atoms with E-state index in [0.29, 0.717) is 10.8 Å². The monoisotopic (exact) mass is 434 g/mol. The minimum atomic E-state index is 0.536. The van der Waals surface area contributed by atoms with Crippen LogP contribution in [0.25, 0.3) is 10.3 Å². The van der Waals surface area contributed by atoms with Crippen LogP contribution in [0.1, 0.15) is 5.56 Å². The number of para-hydroxylation sites is 1.